The summed E-state index contributed by atoms with van der Waals surface area (Å²) >= 11 is 0. The van der Waals surface area contributed by atoms with Crippen LogP contribution in [0.3, 0.4) is 0 Å². The molecule has 1 heterocycles. The van der Waals surface area contributed by atoms with Crippen molar-refractivity contribution < 1.29 is 13.9 Å². The monoisotopic (exact) mass is 298 g/mol. The molecule has 6 nitrogen and oxygen atoms in total. The lowest BCUT2D eigenvalue weighted by molar-refractivity contribution is 0.0948. The molecule has 0 fully saturated rings. The molecule has 2 N–H and O–H groups in total. The number of amides is 1. The van der Waals surface area contributed by atoms with Gasteiger partial charge in [-0.2, -0.15) is 0 Å². The van der Waals surface area contributed by atoms with Gasteiger partial charge in [0, 0.05) is 6.54 Å². The molecular formula is C16H14N2O4. The van der Waals surface area contributed by atoms with Crippen molar-refractivity contribution in [2.24, 2.45) is 0 Å². The summed E-state index contributed by atoms with van der Waals surface area (Å²) in [5.41, 5.74) is 2.40. The van der Waals surface area contributed by atoms with Crippen LogP contribution in [0.5, 0.6) is 5.75 Å². The normalized spacial score (nSPS) is 10.6. The predicted molar refractivity (Wildman–Crippen MR) is 81.0 cm³/mol. The van der Waals surface area contributed by atoms with Crippen LogP contribution in [0.4, 0.5) is 0 Å². The van der Waals surface area contributed by atoms with Gasteiger partial charge in [0.15, 0.2) is 5.58 Å². The fourth-order valence-corrected chi connectivity index (χ4v) is 2.21. The van der Waals surface area contributed by atoms with Crippen molar-refractivity contribution in [3.05, 3.63) is 64.1 Å². The van der Waals surface area contributed by atoms with E-state index < -0.39 is 5.76 Å². The Morgan fingerprint density at radius 3 is 2.91 bits per heavy atom. The third-order valence-corrected chi connectivity index (χ3v) is 3.29. The van der Waals surface area contributed by atoms with E-state index in [9.17, 15) is 9.59 Å². The Morgan fingerprint density at radius 2 is 2.09 bits per heavy atom. The molecule has 3 aromatic rings. The molecule has 1 amide bonds. The van der Waals surface area contributed by atoms with E-state index in [0.29, 0.717) is 29.0 Å². The fourth-order valence-electron chi connectivity index (χ4n) is 2.21. The van der Waals surface area contributed by atoms with E-state index in [1.54, 1.807) is 36.4 Å². The predicted octanol–water partition coefficient (Wildman–Crippen LogP) is 2.06. The number of aromatic amines is 1. The zero-order valence-corrected chi connectivity index (χ0v) is 11.9. The van der Waals surface area contributed by atoms with Gasteiger partial charge in [-0.1, -0.05) is 18.2 Å². The van der Waals surface area contributed by atoms with Crippen molar-refractivity contribution in [1.82, 2.24) is 10.3 Å². The average molecular weight is 298 g/mol. The van der Waals surface area contributed by atoms with Crippen LogP contribution in [0.15, 0.2) is 51.7 Å². The molecule has 1 aromatic heterocycles. The van der Waals surface area contributed by atoms with Gasteiger partial charge in [-0.05, 0) is 29.8 Å². The summed E-state index contributed by atoms with van der Waals surface area (Å²) in [4.78, 5) is 25.9. The van der Waals surface area contributed by atoms with E-state index in [-0.39, 0.29) is 5.91 Å². The molecule has 0 bridgehead atoms. The second kappa shape index (κ2) is 5.77. The maximum absolute atomic E-state index is 12.2. The number of oxazole rings is 1. The van der Waals surface area contributed by atoms with Gasteiger partial charge in [-0.25, -0.2) is 4.79 Å². The lowest BCUT2D eigenvalue weighted by Crippen LogP contribution is -2.23. The molecule has 0 saturated heterocycles. The number of carbonyl (C=O) groups is 1. The second-order valence-corrected chi connectivity index (χ2v) is 4.73. The summed E-state index contributed by atoms with van der Waals surface area (Å²) in [7, 11) is 1.52. The Hall–Kier alpha value is -3.02. The summed E-state index contributed by atoms with van der Waals surface area (Å²) in [5.74, 6) is -0.203. The largest absolute Gasteiger partial charge is 0.496 e. The van der Waals surface area contributed by atoms with Crippen molar-refractivity contribution in [3.63, 3.8) is 0 Å². The van der Waals surface area contributed by atoms with Crippen molar-refractivity contribution in [2.45, 2.75) is 6.54 Å². The van der Waals surface area contributed by atoms with E-state index in [1.165, 1.54) is 7.11 Å². The number of para-hydroxylation sites is 1. The molecule has 0 radical (unpaired) electrons. The summed E-state index contributed by atoms with van der Waals surface area (Å²) in [5, 5.41) is 2.81. The van der Waals surface area contributed by atoms with E-state index in [0.717, 1.165) is 5.56 Å². The summed E-state index contributed by atoms with van der Waals surface area (Å²) < 4.78 is 10.2. The van der Waals surface area contributed by atoms with E-state index in [1.807, 2.05) is 6.07 Å². The summed E-state index contributed by atoms with van der Waals surface area (Å²) in [6, 6.07) is 12.3. The highest BCUT2D eigenvalue weighted by molar-refractivity contribution is 5.96. The van der Waals surface area contributed by atoms with Crippen LogP contribution in [0.1, 0.15) is 15.9 Å². The first kappa shape index (κ1) is 13.9. The van der Waals surface area contributed by atoms with Crippen LogP contribution in [-0.4, -0.2) is 18.0 Å². The number of hydrogen-bond acceptors (Lipinski definition) is 4. The van der Waals surface area contributed by atoms with Crippen LogP contribution in [0.2, 0.25) is 0 Å². The lowest BCUT2D eigenvalue weighted by atomic mass is 10.1. The molecule has 6 heteroatoms. The molecule has 22 heavy (non-hydrogen) atoms. The van der Waals surface area contributed by atoms with E-state index in [2.05, 4.69) is 10.3 Å². The van der Waals surface area contributed by atoms with Crippen LogP contribution < -0.4 is 15.8 Å². The van der Waals surface area contributed by atoms with Gasteiger partial charge >= 0.3 is 5.76 Å². The van der Waals surface area contributed by atoms with Crippen LogP contribution in [0.25, 0.3) is 11.1 Å². The third-order valence-electron chi connectivity index (χ3n) is 3.29. The number of hydrogen-bond donors (Lipinski definition) is 2. The van der Waals surface area contributed by atoms with Crippen LogP contribution in [0, 0.1) is 0 Å². The van der Waals surface area contributed by atoms with Gasteiger partial charge in [0.2, 0.25) is 0 Å². The molecular weight excluding hydrogens is 284 g/mol. The third kappa shape index (κ3) is 2.71. The number of H-pyrrole nitrogens is 1. The molecule has 3 rings (SSSR count). The molecule has 0 spiro atoms. The fraction of sp³-hybridized carbons (Fsp3) is 0.125. The van der Waals surface area contributed by atoms with E-state index in [4.69, 9.17) is 9.15 Å². The number of nitrogens with one attached hydrogen (secondary N) is 2. The Balaban J connectivity index is 1.75. The SMILES string of the molecule is COc1ccccc1C(=O)NCc1ccc2[nH]c(=O)oc2c1. The van der Waals surface area contributed by atoms with Crippen LogP contribution in [-0.2, 0) is 6.54 Å². The number of fused-ring (bicyclic) bond motifs is 1. The molecule has 112 valence electrons. The number of rotatable bonds is 4. The first-order chi connectivity index (χ1) is 10.7. The van der Waals surface area contributed by atoms with Gasteiger partial charge in [0.25, 0.3) is 5.91 Å². The first-order valence-electron chi connectivity index (χ1n) is 6.70. The van der Waals surface area contributed by atoms with Gasteiger partial charge in [0.05, 0.1) is 18.2 Å². The maximum atomic E-state index is 12.2. The highest BCUT2D eigenvalue weighted by atomic mass is 16.5. The van der Waals surface area contributed by atoms with Crippen LogP contribution >= 0.6 is 0 Å². The number of aromatic nitrogens is 1. The van der Waals surface area contributed by atoms with Crippen molar-refractivity contribution >= 4 is 17.0 Å². The van der Waals surface area contributed by atoms with E-state index >= 15 is 0 Å². The number of benzene rings is 2. The minimum absolute atomic E-state index is 0.229. The standard InChI is InChI=1S/C16H14N2O4/c1-21-13-5-3-2-4-11(13)15(19)17-9-10-6-7-12-14(8-10)22-16(20)18-12/h2-8H,9H2,1H3,(H,17,19)(H,18,20). The maximum Gasteiger partial charge on any atom is 0.417 e. The Bertz CT molecular complexity index is 879. The Kier molecular flexibility index (Phi) is 3.65. The summed E-state index contributed by atoms with van der Waals surface area (Å²) in [6.07, 6.45) is 0. The average Bonchev–Trinajstić information content (AvgIpc) is 2.91. The topological polar surface area (TPSA) is 84.3 Å². The van der Waals surface area contributed by atoms with Crippen molar-refractivity contribution in [3.8, 4) is 5.75 Å². The lowest BCUT2D eigenvalue weighted by Gasteiger charge is -2.09. The summed E-state index contributed by atoms with van der Waals surface area (Å²) in [6.45, 7) is 0.321. The number of carbonyl (C=O) groups excluding carboxylic acids is 1. The zero-order chi connectivity index (χ0) is 15.5. The Morgan fingerprint density at radius 1 is 1.27 bits per heavy atom. The molecule has 0 atom stereocenters. The molecule has 2 aromatic carbocycles. The zero-order valence-electron chi connectivity index (χ0n) is 11.9. The first-order valence-corrected chi connectivity index (χ1v) is 6.70. The highest BCUT2D eigenvalue weighted by Gasteiger charge is 2.11. The molecule has 0 aliphatic rings. The highest BCUT2D eigenvalue weighted by Crippen LogP contribution is 2.17. The van der Waals surface area contributed by atoms with Gasteiger partial charge < -0.3 is 14.5 Å². The number of ether oxygens (including phenoxy) is 1. The van der Waals surface area contributed by atoms with Crippen molar-refractivity contribution in [1.29, 1.82) is 0 Å². The van der Waals surface area contributed by atoms with Gasteiger partial charge in [-0.3, -0.25) is 9.78 Å². The Labute approximate surface area is 125 Å². The quantitative estimate of drug-likeness (QED) is 0.772. The molecule has 0 aliphatic heterocycles. The molecule has 0 aliphatic carbocycles. The molecule has 0 saturated carbocycles. The second-order valence-electron chi connectivity index (χ2n) is 4.73. The van der Waals surface area contributed by atoms with Crippen molar-refractivity contribution in [2.75, 3.05) is 7.11 Å². The molecule has 0 unspecified atom stereocenters. The van der Waals surface area contributed by atoms with Gasteiger partial charge in [0.1, 0.15) is 5.75 Å². The minimum Gasteiger partial charge on any atom is -0.496 e. The van der Waals surface area contributed by atoms with Gasteiger partial charge in [-0.15, -0.1) is 0 Å². The smallest absolute Gasteiger partial charge is 0.417 e. The number of methoxy groups -OCH3 is 1. The minimum atomic E-state index is -0.495.